The lowest BCUT2D eigenvalue weighted by Crippen LogP contribution is -2.55. The van der Waals surface area contributed by atoms with Gasteiger partial charge in [0, 0.05) is 61.6 Å². The molecule has 4 saturated heterocycles. The van der Waals surface area contributed by atoms with Crippen LogP contribution in [-0.2, 0) is 0 Å². The first-order chi connectivity index (χ1) is 16.5. The Morgan fingerprint density at radius 2 is 2.03 bits per heavy atom. The molecule has 0 unspecified atom stereocenters. The second-order valence-electron chi connectivity index (χ2n) is 10.9. The molecule has 6 heteroatoms. The van der Waals surface area contributed by atoms with Crippen LogP contribution in [0.15, 0.2) is 30.4 Å². The maximum Gasteiger partial charge on any atom is 0.101 e. The fraction of sp³-hybridized carbons (Fsp3) is 0.630. The summed E-state index contributed by atoms with van der Waals surface area (Å²) in [6, 6.07) is 11.7. The van der Waals surface area contributed by atoms with E-state index in [4.69, 9.17) is 1.37 Å². The molecule has 4 aliphatic rings. The predicted molar refractivity (Wildman–Crippen MR) is 132 cm³/mol. The lowest BCUT2D eigenvalue weighted by Gasteiger charge is -2.46. The molecular formula is C27H36N6. The molecule has 0 radical (unpaired) electrons. The van der Waals surface area contributed by atoms with Crippen LogP contribution >= 0.6 is 0 Å². The number of anilines is 1. The summed E-state index contributed by atoms with van der Waals surface area (Å²) in [5.74, 6) is 0. The molecule has 6 rings (SSSR count). The molecular weight excluding hydrogens is 408 g/mol. The zero-order valence-corrected chi connectivity index (χ0v) is 19.8. The zero-order chi connectivity index (χ0) is 23.3. The Balaban J connectivity index is 1.18. The van der Waals surface area contributed by atoms with Crippen molar-refractivity contribution in [1.29, 1.82) is 5.26 Å². The van der Waals surface area contributed by atoms with E-state index in [0.29, 0.717) is 34.6 Å². The van der Waals surface area contributed by atoms with Crippen molar-refractivity contribution in [3.63, 3.8) is 0 Å². The van der Waals surface area contributed by atoms with Crippen molar-refractivity contribution in [3.8, 4) is 6.07 Å². The van der Waals surface area contributed by atoms with Gasteiger partial charge in [0.25, 0.3) is 0 Å². The van der Waals surface area contributed by atoms with Gasteiger partial charge in [-0.05, 0) is 88.3 Å². The van der Waals surface area contributed by atoms with E-state index in [1.54, 1.807) is 6.07 Å². The third-order valence-electron chi connectivity index (χ3n) is 9.01. The van der Waals surface area contributed by atoms with Gasteiger partial charge in [0.15, 0.2) is 0 Å². The van der Waals surface area contributed by atoms with Crippen LogP contribution in [0, 0.1) is 16.7 Å². The van der Waals surface area contributed by atoms with Crippen LogP contribution in [0.1, 0.15) is 46.0 Å². The van der Waals surface area contributed by atoms with E-state index in [1.807, 2.05) is 12.1 Å². The molecule has 6 nitrogen and oxygen atoms in total. The van der Waals surface area contributed by atoms with E-state index in [1.165, 1.54) is 64.8 Å². The summed E-state index contributed by atoms with van der Waals surface area (Å²) < 4.78 is 7.93. The summed E-state index contributed by atoms with van der Waals surface area (Å²) in [6.07, 6.45) is 6.92. The third kappa shape index (κ3) is 3.80. The molecule has 4 fully saturated rings. The normalized spacial score (nSPS) is 30.8. The molecule has 2 aromatic rings. The first kappa shape index (κ1) is 20.2. The minimum atomic E-state index is 0.213. The second kappa shape index (κ2) is 8.54. The average molecular weight is 446 g/mol. The highest BCUT2D eigenvalue weighted by Crippen LogP contribution is 2.40. The molecule has 0 bridgehead atoms. The number of nitrogens with zero attached hydrogens (tertiary/aromatic N) is 5. The number of aromatic nitrogens is 1. The van der Waals surface area contributed by atoms with Gasteiger partial charge in [0.05, 0.1) is 12.5 Å². The maximum atomic E-state index is 9.55. The van der Waals surface area contributed by atoms with Crippen molar-refractivity contribution in [1.82, 2.24) is 20.1 Å². The van der Waals surface area contributed by atoms with E-state index in [2.05, 4.69) is 44.1 Å². The smallest absolute Gasteiger partial charge is 0.101 e. The number of nitrogens with one attached hydrogen (secondary N) is 1. The second-order valence-corrected chi connectivity index (χ2v) is 10.9. The van der Waals surface area contributed by atoms with Crippen LogP contribution in [0.2, 0.25) is 0 Å². The van der Waals surface area contributed by atoms with Crippen LogP contribution in [0.5, 0.6) is 0 Å². The van der Waals surface area contributed by atoms with Gasteiger partial charge < -0.3 is 10.2 Å². The van der Waals surface area contributed by atoms with Crippen molar-refractivity contribution in [2.45, 2.75) is 57.2 Å². The summed E-state index contributed by atoms with van der Waals surface area (Å²) in [5, 5.41) is 14.2. The van der Waals surface area contributed by atoms with Gasteiger partial charge in [0.1, 0.15) is 6.07 Å². The van der Waals surface area contributed by atoms with Gasteiger partial charge in [-0.3, -0.25) is 14.8 Å². The third-order valence-corrected chi connectivity index (χ3v) is 9.01. The lowest BCUT2D eigenvalue weighted by atomic mass is 9.73. The molecule has 33 heavy (non-hydrogen) atoms. The van der Waals surface area contributed by atoms with E-state index >= 15 is 0 Å². The van der Waals surface area contributed by atoms with Crippen LogP contribution in [-0.4, -0.2) is 78.7 Å². The number of fused-ring (bicyclic) bond motifs is 2. The first-order valence-electron chi connectivity index (χ1n) is 13.3. The van der Waals surface area contributed by atoms with Crippen molar-refractivity contribution in [2.75, 3.05) is 50.7 Å². The number of nitriles is 1. The van der Waals surface area contributed by atoms with Gasteiger partial charge in [-0.2, -0.15) is 5.26 Å². The number of pyridine rings is 1. The molecule has 5 heterocycles. The van der Waals surface area contributed by atoms with Crippen LogP contribution in [0.3, 0.4) is 0 Å². The molecule has 1 N–H and O–H groups in total. The number of hydrogen-bond acceptors (Lipinski definition) is 6. The van der Waals surface area contributed by atoms with Crippen molar-refractivity contribution in [3.05, 3.63) is 36.0 Å². The van der Waals surface area contributed by atoms with Gasteiger partial charge in [-0.15, -0.1) is 0 Å². The Hall–Kier alpha value is -2.20. The number of likely N-dealkylation sites (tertiary alicyclic amines) is 1. The molecule has 0 saturated carbocycles. The molecule has 1 aromatic heterocycles. The predicted octanol–water partition coefficient (Wildman–Crippen LogP) is 3.22. The molecule has 1 spiro atoms. The first-order valence-corrected chi connectivity index (χ1v) is 12.8. The number of rotatable bonds is 2. The highest BCUT2D eigenvalue weighted by Gasteiger charge is 2.44. The Labute approximate surface area is 199 Å². The van der Waals surface area contributed by atoms with Gasteiger partial charge >= 0.3 is 0 Å². The summed E-state index contributed by atoms with van der Waals surface area (Å²) in [7, 11) is 0. The van der Waals surface area contributed by atoms with E-state index in [9.17, 15) is 5.26 Å². The van der Waals surface area contributed by atoms with Crippen LogP contribution in [0.25, 0.3) is 10.9 Å². The van der Waals surface area contributed by atoms with Crippen molar-refractivity contribution >= 4 is 16.6 Å². The number of piperazine rings is 1. The van der Waals surface area contributed by atoms with Gasteiger partial charge in [-0.1, -0.05) is 0 Å². The maximum absolute atomic E-state index is 9.55. The standard InChI is InChI=1S/C27H36N6/c1-20-16-32(25-6-5-21(15-28)26-24(25)4-2-11-30-26)17-23-14-22(18-33(20)23)31-12-8-27(9-13-31)7-3-10-29-19-27/h2,4-6,11,20,22-23,29H,3,7-10,12-14,16-19H2,1H3/t20-,22+,23+/m1/s1/i11D. The topological polar surface area (TPSA) is 58.4 Å². The molecule has 174 valence electrons. The fourth-order valence-corrected chi connectivity index (χ4v) is 7.14. The highest BCUT2D eigenvalue weighted by molar-refractivity contribution is 5.95. The van der Waals surface area contributed by atoms with E-state index < -0.39 is 0 Å². The SMILES string of the molecule is [2H]c1ccc2c(N3C[C@@H]4C[C@H](N5CCC6(CCCNC6)CC5)CN4[C@H](C)C3)ccc(C#N)c2n1. The summed E-state index contributed by atoms with van der Waals surface area (Å²) in [5.41, 5.74) is 2.93. The monoisotopic (exact) mass is 445 g/mol. The van der Waals surface area contributed by atoms with Crippen LogP contribution < -0.4 is 10.2 Å². The Bertz CT molecular complexity index is 1100. The number of benzene rings is 1. The molecule has 0 aliphatic carbocycles. The van der Waals surface area contributed by atoms with E-state index in [-0.39, 0.29) is 6.17 Å². The fourth-order valence-electron chi connectivity index (χ4n) is 7.14. The van der Waals surface area contributed by atoms with Gasteiger partial charge in [0.2, 0.25) is 0 Å². The van der Waals surface area contributed by atoms with Crippen molar-refractivity contribution < 1.29 is 1.37 Å². The largest absolute Gasteiger partial charge is 0.368 e. The molecule has 1 aromatic carbocycles. The lowest BCUT2D eigenvalue weighted by molar-refractivity contribution is 0.0546. The Morgan fingerprint density at radius 1 is 1.15 bits per heavy atom. The quantitative estimate of drug-likeness (QED) is 0.766. The number of piperidine rings is 2. The van der Waals surface area contributed by atoms with Gasteiger partial charge in [-0.25, -0.2) is 0 Å². The summed E-state index contributed by atoms with van der Waals surface area (Å²) >= 11 is 0. The molecule has 3 atom stereocenters. The van der Waals surface area contributed by atoms with Crippen molar-refractivity contribution in [2.24, 2.45) is 5.41 Å². The highest BCUT2D eigenvalue weighted by atomic mass is 15.4. The number of hydrogen-bond donors (Lipinski definition) is 1. The Morgan fingerprint density at radius 3 is 2.82 bits per heavy atom. The summed E-state index contributed by atoms with van der Waals surface area (Å²) in [6.45, 7) is 10.5. The van der Waals surface area contributed by atoms with Crippen LogP contribution in [0.4, 0.5) is 5.69 Å². The summed E-state index contributed by atoms with van der Waals surface area (Å²) in [4.78, 5) is 12.4. The molecule has 0 amide bonds. The Kier molecular flexibility index (Phi) is 5.23. The van der Waals surface area contributed by atoms with E-state index in [0.717, 1.165) is 24.2 Å². The zero-order valence-electron chi connectivity index (χ0n) is 20.8. The molecule has 4 aliphatic heterocycles. The minimum Gasteiger partial charge on any atom is -0.368 e. The average Bonchev–Trinajstić information content (AvgIpc) is 3.29. The minimum absolute atomic E-state index is 0.213.